The monoisotopic (exact) mass is 194 g/mol. The number of halogens is 1. The van der Waals surface area contributed by atoms with Crippen LogP contribution in [0.1, 0.15) is 18.4 Å². The number of carbonyl (C=O) groups excluding carboxylic acids is 1. The number of para-hydroxylation sites is 1. The molecule has 1 aromatic rings. The zero-order valence-electron chi connectivity index (χ0n) is 7.92. The van der Waals surface area contributed by atoms with E-state index < -0.39 is 11.2 Å². The van der Waals surface area contributed by atoms with Gasteiger partial charge in [0.25, 0.3) is 0 Å². The molecule has 1 aromatic carbocycles. The molecule has 74 valence electrons. The Labute approximate surface area is 81.7 Å². The van der Waals surface area contributed by atoms with Crippen LogP contribution >= 0.6 is 0 Å². The van der Waals surface area contributed by atoms with Crippen molar-refractivity contribution in [3.05, 3.63) is 29.6 Å². The van der Waals surface area contributed by atoms with Gasteiger partial charge in [-0.25, -0.2) is 4.39 Å². The molecule has 1 fully saturated rings. The van der Waals surface area contributed by atoms with Gasteiger partial charge in [-0.2, -0.15) is 0 Å². The molecule has 0 aromatic heterocycles. The lowest BCUT2D eigenvalue weighted by Gasteiger charge is -2.13. The predicted octanol–water partition coefficient (Wildman–Crippen LogP) is 2.06. The molecule has 1 aliphatic carbocycles. The van der Waals surface area contributed by atoms with E-state index in [0.29, 0.717) is 5.56 Å². The number of hydrogen-bond acceptors (Lipinski definition) is 2. The molecule has 1 saturated carbocycles. The number of hydrogen-bond donors (Lipinski definition) is 0. The second-order valence-corrected chi connectivity index (χ2v) is 3.59. The molecule has 0 heterocycles. The third-order valence-electron chi connectivity index (χ3n) is 2.72. The van der Waals surface area contributed by atoms with Crippen molar-refractivity contribution in [3.8, 4) is 5.75 Å². The van der Waals surface area contributed by atoms with Crippen LogP contribution in [-0.4, -0.2) is 13.4 Å². The van der Waals surface area contributed by atoms with Gasteiger partial charge in [0.1, 0.15) is 6.29 Å². The molecule has 0 bridgehead atoms. The first-order valence-electron chi connectivity index (χ1n) is 4.53. The summed E-state index contributed by atoms with van der Waals surface area (Å²) in [6, 6.07) is 4.70. The van der Waals surface area contributed by atoms with Crippen LogP contribution in [0.5, 0.6) is 5.75 Å². The molecule has 0 saturated heterocycles. The lowest BCUT2D eigenvalue weighted by molar-refractivity contribution is -0.109. The summed E-state index contributed by atoms with van der Waals surface area (Å²) in [5, 5.41) is 0. The highest BCUT2D eigenvalue weighted by atomic mass is 19.1. The third-order valence-corrected chi connectivity index (χ3v) is 2.72. The van der Waals surface area contributed by atoms with E-state index in [4.69, 9.17) is 4.74 Å². The molecule has 0 spiro atoms. The highest BCUT2D eigenvalue weighted by Crippen LogP contribution is 2.49. The van der Waals surface area contributed by atoms with Gasteiger partial charge in [0.05, 0.1) is 12.5 Å². The minimum atomic E-state index is -0.479. The van der Waals surface area contributed by atoms with E-state index in [0.717, 1.165) is 19.1 Å². The predicted molar refractivity (Wildman–Crippen MR) is 49.9 cm³/mol. The number of methoxy groups -OCH3 is 1. The first-order valence-corrected chi connectivity index (χ1v) is 4.53. The van der Waals surface area contributed by atoms with E-state index in [-0.39, 0.29) is 5.75 Å². The van der Waals surface area contributed by atoms with Gasteiger partial charge in [0.2, 0.25) is 0 Å². The molecule has 0 N–H and O–H groups in total. The van der Waals surface area contributed by atoms with Crippen molar-refractivity contribution < 1.29 is 13.9 Å². The standard InChI is InChI=1S/C11H11FO2/c1-14-10-8(3-2-4-9(10)12)11(7-13)5-6-11/h2-4,7H,5-6H2,1H3. The van der Waals surface area contributed by atoms with E-state index in [1.807, 2.05) is 0 Å². The smallest absolute Gasteiger partial charge is 0.165 e. The maximum Gasteiger partial charge on any atom is 0.165 e. The van der Waals surface area contributed by atoms with E-state index in [2.05, 4.69) is 0 Å². The summed E-state index contributed by atoms with van der Waals surface area (Å²) < 4.78 is 18.3. The molecule has 0 unspecified atom stereocenters. The van der Waals surface area contributed by atoms with Gasteiger partial charge in [0.15, 0.2) is 11.6 Å². The van der Waals surface area contributed by atoms with Crippen molar-refractivity contribution in [1.82, 2.24) is 0 Å². The SMILES string of the molecule is COc1c(F)cccc1C1(C=O)CC1. The average Bonchev–Trinajstić information content (AvgIpc) is 2.98. The Balaban J connectivity index is 2.52. The third kappa shape index (κ3) is 1.20. The quantitative estimate of drug-likeness (QED) is 0.688. The minimum absolute atomic E-state index is 0.206. The summed E-state index contributed by atoms with van der Waals surface area (Å²) >= 11 is 0. The first-order chi connectivity index (χ1) is 6.73. The molecule has 0 aliphatic heterocycles. The van der Waals surface area contributed by atoms with Crippen LogP contribution in [0.2, 0.25) is 0 Å². The van der Waals surface area contributed by atoms with Crippen LogP contribution in [0.4, 0.5) is 4.39 Å². The van der Waals surface area contributed by atoms with E-state index in [1.54, 1.807) is 12.1 Å². The van der Waals surface area contributed by atoms with Gasteiger partial charge in [-0.3, -0.25) is 0 Å². The summed E-state index contributed by atoms with van der Waals surface area (Å²) in [4.78, 5) is 10.9. The maximum atomic E-state index is 13.3. The van der Waals surface area contributed by atoms with Gasteiger partial charge in [0, 0.05) is 5.56 Å². The second-order valence-electron chi connectivity index (χ2n) is 3.59. The number of carbonyl (C=O) groups is 1. The van der Waals surface area contributed by atoms with Crippen LogP contribution in [0.25, 0.3) is 0 Å². The Bertz CT molecular complexity index is 370. The van der Waals surface area contributed by atoms with Gasteiger partial charge in [-0.1, -0.05) is 12.1 Å². The van der Waals surface area contributed by atoms with E-state index in [1.165, 1.54) is 13.2 Å². The van der Waals surface area contributed by atoms with Gasteiger partial charge in [-0.15, -0.1) is 0 Å². The molecule has 1 aliphatic rings. The number of benzene rings is 1. The molecule has 0 atom stereocenters. The van der Waals surface area contributed by atoms with Crippen LogP contribution in [0.15, 0.2) is 18.2 Å². The first kappa shape index (κ1) is 9.19. The van der Waals surface area contributed by atoms with Crippen molar-refractivity contribution in [2.75, 3.05) is 7.11 Å². The van der Waals surface area contributed by atoms with Crippen LogP contribution in [0.3, 0.4) is 0 Å². The topological polar surface area (TPSA) is 26.3 Å². The minimum Gasteiger partial charge on any atom is -0.493 e. The fourth-order valence-electron chi connectivity index (χ4n) is 1.69. The van der Waals surface area contributed by atoms with Crippen molar-refractivity contribution in [2.45, 2.75) is 18.3 Å². The van der Waals surface area contributed by atoms with Crippen molar-refractivity contribution >= 4 is 6.29 Å². The molecule has 2 rings (SSSR count). The van der Waals surface area contributed by atoms with Crippen LogP contribution < -0.4 is 4.74 Å². The Hall–Kier alpha value is -1.38. The normalized spacial score (nSPS) is 17.6. The number of rotatable bonds is 3. The molecule has 3 heteroatoms. The molecular weight excluding hydrogens is 183 g/mol. The van der Waals surface area contributed by atoms with Crippen molar-refractivity contribution in [2.24, 2.45) is 0 Å². The van der Waals surface area contributed by atoms with Crippen molar-refractivity contribution in [3.63, 3.8) is 0 Å². The lowest BCUT2D eigenvalue weighted by Crippen LogP contribution is -2.10. The summed E-state index contributed by atoms with van der Waals surface area (Å²) in [6.45, 7) is 0. The fraction of sp³-hybridized carbons (Fsp3) is 0.364. The fourth-order valence-corrected chi connectivity index (χ4v) is 1.69. The van der Waals surface area contributed by atoms with Gasteiger partial charge in [-0.05, 0) is 18.9 Å². The molecule has 2 nitrogen and oxygen atoms in total. The Morgan fingerprint density at radius 1 is 1.50 bits per heavy atom. The van der Waals surface area contributed by atoms with Crippen LogP contribution in [0, 0.1) is 5.82 Å². The maximum absolute atomic E-state index is 13.3. The Morgan fingerprint density at radius 3 is 2.71 bits per heavy atom. The molecule has 0 radical (unpaired) electrons. The molecular formula is C11H11FO2. The largest absolute Gasteiger partial charge is 0.493 e. The highest BCUT2D eigenvalue weighted by Gasteiger charge is 2.46. The van der Waals surface area contributed by atoms with E-state index >= 15 is 0 Å². The summed E-state index contributed by atoms with van der Waals surface area (Å²) in [5.74, 6) is -0.199. The van der Waals surface area contributed by atoms with Gasteiger partial charge < -0.3 is 9.53 Å². The zero-order valence-corrected chi connectivity index (χ0v) is 7.92. The Morgan fingerprint density at radius 2 is 2.21 bits per heavy atom. The average molecular weight is 194 g/mol. The Kier molecular flexibility index (Phi) is 2.02. The number of aldehydes is 1. The zero-order chi connectivity index (χ0) is 10.2. The lowest BCUT2D eigenvalue weighted by atomic mass is 9.96. The number of ether oxygens (including phenoxy) is 1. The summed E-state index contributed by atoms with van der Waals surface area (Å²) in [7, 11) is 1.42. The summed E-state index contributed by atoms with van der Waals surface area (Å²) in [5.41, 5.74) is 0.197. The van der Waals surface area contributed by atoms with E-state index in [9.17, 15) is 9.18 Å². The molecule has 0 amide bonds. The molecule has 14 heavy (non-hydrogen) atoms. The van der Waals surface area contributed by atoms with Gasteiger partial charge >= 0.3 is 0 Å². The highest BCUT2D eigenvalue weighted by molar-refractivity contribution is 5.75. The van der Waals surface area contributed by atoms with Crippen LogP contribution in [-0.2, 0) is 10.2 Å². The van der Waals surface area contributed by atoms with Crippen molar-refractivity contribution in [1.29, 1.82) is 0 Å². The summed E-state index contributed by atoms with van der Waals surface area (Å²) in [6.07, 6.45) is 2.47. The second kappa shape index (κ2) is 3.08.